The molecule has 0 unspecified atom stereocenters. The van der Waals surface area contributed by atoms with Crippen molar-refractivity contribution in [1.82, 2.24) is 0 Å². The van der Waals surface area contributed by atoms with Crippen molar-refractivity contribution in [3.63, 3.8) is 0 Å². The van der Waals surface area contributed by atoms with Gasteiger partial charge in [-0.2, -0.15) is 0 Å². The number of hydrogen-bond acceptors (Lipinski definition) is 5. The Balaban J connectivity index is 2.57. The van der Waals surface area contributed by atoms with E-state index in [0.29, 0.717) is 0 Å². The molecule has 0 radical (unpaired) electrons. The summed E-state index contributed by atoms with van der Waals surface area (Å²) in [6.45, 7) is 0. The number of anilines is 2. The lowest BCUT2D eigenvalue weighted by Gasteiger charge is -2.13. The minimum atomic E-state index is -4.20. The lowest BCUT2D eigenvalue weighted by atomic mass is 10.3. The monoisotopic (exact) mass is 395 g/mol. The molecule has 2 aromatic rings. The van der Waals surface area contributed by atoms with Crippen molar-refractivity contribution in [2.75, 3.05) is 10.5 Å². The fourth-order valence-corrected chi connectivity index (χ4v) is 4.25. The number of halogens is 2. The maximum atomic E-state index is 12.4. The smallest absolute Gasteiger partial charge is 0.264 e. The largest absolute Gasteiger partial charge is 0.398 e. The Morgan fingerprint density at radius 3 is 1.96 bits per heavy atom. The number of primary sulfonamides is 1. The van der Waals surface area contributed by atoms with Gasteiger partial charge in [0.05, 0.1) is 11.4 Å². The summed E-state index contributed by atoms with van der Waals surface area (Å²) in [5.74, 6) is 0. The van der Waals surface area contributed by atoms with Crippen LogP contribution < -0.4 is 15.6 Å². The van der Waals surface area contributed by atoms with E-state index in [4.69, 9.17) is 34.1 Å². The van der Waals surface area contributed by atoms with E-state index in [0.717, 1.165) is 12.1 Å². The summed E-state index contributed by atoms with van der Waals surface area (Å²) < 4.78 is 50.1. The lowest BCUT2D eigenvalue weighted by Crippen LogP contribution is -2.19. The van der Waals surface area contributed by atoms with Crippen LogP contribution in [0.1, 0.15) is 0 Å². The number of sulfonamides is 2. The van der Waals surface area contributed by atoms with Crippen LogP contribution in [-0.2, 0) is 20.0 Å². The van der Waals surface area contributed by atoms with Crippen molar-refractivity contribution >= 4 is 54.6 Å². The van der Waals surface area contributed by atoms with Gasteiger partial charge in [-0.25, -0.2) is 22.0 Å². The summed E-state index contributed by atoms with van der Waals surface area (Å²) in [4.78, 5) is -0.755. The van der Waals surface area contributed by atoms with Crippen LogP contribution in [0, 0.1) is 0 Å². The molecule has 2 aromatic carbocycles. The van der Waals surface area contributed by atoms with E-state index in [2.05, 4.69) is 4.72 Å². The average molecular weight is 396 g/mol. The molecule has 11 heteroatoms. The van der Waals surface area contributed by atoms with Crippen LogP contribution in [-0.4, -0.2) is 16.8 Å². The van der Waals surface area contributed by atoms with Gasteiger partial charge in [-0.05, 0) is 36.4 Å². The minimum absolute atomic E-state index is 0.0481. The lowest BCUT2D eigenvalue weighted by molar-refractivity contribution is 0.598. The first-order valence-corrected chi connectivity index (χ1v) is 9.69. The maximum Gasteiger partial charge on any atom is 0.264 e. The molecule has 23 heavy (non-hydrogen) atoms. The summed E-state index contributed by atoms with van der Waals surface area (Å²) in [5, 5.41) is 5.31. The molecule has 0 amide bonds. The molecule has 0 atom stereocenters. The van der Waals surface area contributed by atoms with Gasteiger partial charge in [-0.3, -0.25) is 4.72 Å². The van der Waals surface area contributed by atoms with Gasteiger partial charge in [0.1, 0.15) is 9.79 Å². The first-order chi connectivity index (χ1) is 10.5. The van der Waals surface area contributed by atoms with E-state index in [9.17, 15) is 16.8 Å². The van der Waals surface area contributed by atoms with Crippen LogP contribution >= 0.6 is 23.2 Å². The van der Waals surface area contributed by atoms with Gasteiger partial charge in [0.2, 0.25) is 10.0 Å². The Labute approximate surface area is 143 Å². The van der Waals surface area contributed by atoms with Crippen molar-refractivity contribution in [2.24, 2.45) is 5.14 Å². The molecule has 124 valence electrons. The maximum absolute atomic E-state index is 12.4. The predicted octanol–water partition coefficient (Wildman–Crippen LogP) is 2.02. The highest BCUT2D eigenvalue weighted by atomic mass is 35.5. The summed E-state index contributed by atoms with van der Waals surface area (Å²) in [6.07, 6.45) is 0. The number of hydrogen-bond donors (Lipinski definition) is 3. The van der Waals surface area contributed by atoms with E-state index in [1.807, 2.05) is 0 Å². The molecule has 0 saturated heterocycles. The SMILES string of the molecule is Nc1ccc(Cl)cc1S(=O)(=O)Nc1ccc(Cl)cc1S(N)(=O)=O. The second-order valence-corrected chi connectivity index (χ2v) is 8.53. The van der Waals surface area contributed by atoms with Crippen LogP contribution in [0.4, 0.5) is 11.4 Å². The molecule has 7 nitrogen and oxygen atoms in total. The quantitative estimate of drug-likeness (QED) is 0.680. The zero-order valence-corrected chi connectivity index (χ0v) is 14.5. The van der Waals surface area contributed by atoms with Gasteiger partial charge >= 0.3 is 0 Å². The Bertz CT molecular complexity index is 976. The molecule has 0 heterocycles. The Kier molecular flexibility index (Phi) is 4.79. The van der Waals surface area contributed by atoms with Crippen LogP contribution in [0.5, 0.6) is 0 Å². The standard InChI is InChI=1S/C12H11Cl2N3O4S2/c13-7-1-3-9(15)11(5-7)23(20,21)17-10-4-2-8(14)6-12(10)22(16,18)19/h1-6,17H,15H2,(H2,16,18,19). The Hall–Kier alpha value is -1.52. The second kappa shape index (κ2) is 6.17. The first kappa shape index (κ1) is 17.8. The molecule has 0 fully saturated rings. The van der Waals surface area contributed by atoms with Gasteiger partial charge in [-0.1, -0.05) is 23.2 Å². The number of nitrogens with one attached hydrogen (secondary N) is 1. The normalized spacial score (nSPS) is 12.1. The minimum Gasteiger partial charge on any atom is -0.398 e. The van der Waals surface area contributed by atoms with E-state index < -0.39 is 24.9 Å². The zero-order chi connectivity index (χ0) is 17.4. The molecule has 0 aromatic heterocycles. The Morgan fingerprint density at radius 2 is 1.39 bits per heavy atom. The summed E-state index contributed by atoms with van der Waals surface area (Å²) in [5.41, 5.74) is 5.33. The average Bonchev–Trinajstić information content (AvgIpc) is 2.42. The molecule has 0 aliphatic heterocycles. The summed E-state index contributed by atoms with van der Waals surface area (Å²) in [7, 11) is -8.38. The fourth-order valence-electron chi connectivity index (χ4n) is 1.76. The van der Waals surface area contributed by atoms with Crippen molar-refractivity contribution in [1.29, 1.82) is 0 Å². The third kappa shape index (κ3) is 4.06. The summed E-state index contributed by atoms with van der Waals surface area (Å²) in [6, 6.07) is 7.42. The van der Waals surface area contributed by atoms with Crippen LogP contribution in [0.2, 0.25) is 10.0 Å². The third-order valence-electron chi connectivity index (χ3n) is 2.76. The third-order valence-corrected chi connectivity index (χ3v) is 5.60. The Morgan fingerprint density at radius 1 is 0.870 bits per heavy atom. The van der Waals surface area contributed by atoms with E-state index in [-0.39, 0.29) is 26.3 Å². The van der Waals surface area contributed by atoms with E-state index in [1.165, 1.54) is 24.3 Å². The van der Waals surface area contributed by atoms with Gasteiger partial charge < -0.3 is 5.73 Å². The fraction of sp³-hybridized carbons (Fsp3) is 0. The van der Waals surface area contributed by atoms with E-state index >= 15 is 0 Å². The van der Waals surface area contributed by atoms with E-state index in [1.54, 1.807) is 0 Å². The second-order valence-electron chi connectivity index (χ2n) is 4.47. The van der Waals surface area contributed by atoms with Crippen LogP contribution in [0.3, 0.4) is 0 Å². The summed E-state index contributed by atoms with van der Waals surface area (Å²) >= 11 is 11.5. The highest BCUT2D eigenvalue weighted by molar-refractivity contribution is 7.93. The molecule has 0 spiro atoms. The molecule has 0 aliphatic carbocycles. The number of nitrogens with two attached hydrogens (primary N) is 2. The molecule has 0 saturated carbocycles. The topological polar surface area (TPSA) is 132 Å². The van der Waals surface area contributed by atoms with Crippen molar-refractivity contribution < 1.29 is 16.8 Å². The highest BCUT2D eigenvalue weighted by Crippen LogP contribution is 2.29. The van der Waals surface area contributed by atoms with Gasteiger partial charge in [-0.15, -0.1) is 0 Å². The molecular weight excluding hydrogens is 385 g/mol. The molecule has 0 aliphatic rings. The van der Waals surface area contributed by atoms with Gasteiger partial charge in [0.25, 0.3) is 10.0 Å². The highest BCUT2D eigenvalue weighted by Gasteiger charge is 2.22. The molecule has 5 N–H and O–H groups in total. The molecule has 2 rings (SSSR count). The van der Waals surface area contributed by atoms with Crippen molar-refractivity contribution in [3.8, 4) is 0 Å². The predicted molar refractivity (Wildman–Crippen MR) is 89.5 cm³/mol. The number of benzene rings is 2. The molecule has 0 bridgehead atoms. The van der Waals surface area contributed by atoms with Crippen LogP contribution in [0.25, 0.3) is 0 Å². The van der Waals surface area contributed by atoms with Gasteiger partial charge in [0.15, 0.2) is 0 Å². The number of nitrogen functional groups attached to an aromatic ring is 1. The van der Waals surface area contributed by atoms with Gasteiger partial charge in [0, 0.05) is 10.0 Å². The first-order valence-electron chi connectivity index (χ1n) is 5.91. The molecular formula is C12H11Cl2N3O4S2. The van der Waals surface area contributed by atoms with Crippen molar-refractivity contribution in [3.05, 3.63) is 46.4 Å². The number of rotatable bonds is 4. The zero-order valence-electron chi connectivity index (χ0n) is 11.3. The van der Waals surface area contributed by atoms with Crippen molar-refractivity contribution in [2.45, 2.75) is 9.79 Å². The van der Waals surface area contributed by atoms with Crippen LogP contribution in [0.15, 0.2) is 46.2 Å².